The number of piperazine rings is 1. The molecule has 2 aromatic rings. The second-order valence-electron chi connectivity index (χ2n) is 6.43. The minimum atomic E-state index is 0.296. The van der Waals surface area contributed by atoms with Crippen LogP contribution in [0.25, 0.3) is 11.1 Å². The zero-order valence-electron chi connectivity index (χ0n) is 14.2. The Kier molecular flexibility index (Phi) is 6.24. The van der Waals surface area contributed by atoms with Crippen molar-refractivity contribution in [3.05, 3.63) is 54.6 Å². The molecule has 24 heavy (non-hydrogen) atoms. The predicted octanol–water partition coefficient (Wildman–Crippen LogP) is -0.492. The van der Waals surface area contributed by atoms with Gasteiger partial charge < -0.3 is 19.6 Å². The van der Waals surface area contributed by atoms with Crippen LogP contribution in [0.2, 0.25) is 0 Å². The Balaban J connectivity index is 1.51. The molecule has 3 rings (SSSR count). The van der Waals surface area contributed by atoms with E-state index in [1.807, 2.05) is 12.1 Å². The highest BCUT2D eigenvalue weighted by molar-refractivity contribution is 5.70. The molecule has 0 amide bonds. The van der Waals surface area contributed by atoms with E-state index >= 15 is 0 Å². The van der Waals surface area contributed by atoms with Crippen molar-refractivity contribution < 1.29 is 19.6 Å². The molecule has 0 aromatic heterocycles. The zero-order chi connectivity index (χ0) is 16.6. The Morgan fingerprint density at radius 1 is 0.792 bits per heavy atom. The average molecular weight is 328 g/mol. The molecule has 0 saturated carbocycles. The summed E-state index contributed by atoms with van der Waals surface area (Å²) >= 11 is 0. The maximum Gasteiger partial charge on any atom is 0.137 e. The Hall–Kier alpha value is -1.88. The monoisotopic (exact) mass is 328 g/mol. The van der Waals surface area contributed by atoms with E-state index < -0.39 is 0 Å². The van der Waals surface area contributed by atoms with Gasteiger partial charge in [-0.2, -0.15) is 0 Å². The summed E-state index contributed by atoms with van der Waals surface area (Å²) in [6, 6.07) is 18.7. The van der Waals surface area contributed by atoms with Crippen LogP contribution in [0.5, 0.6) is 5.75 Å². The molecule has 1 saturated heterocycles. The van der Waals surface area contributed by atoms with Gasteiger partial charge in [-0.25, -0.2) is 0 Å². The van der Waals surface area contributed by atoms with Crippen molar-refractivity contribution in [3.8, 4) is 16.9 Å². The fourth-order valence-electron chi connectivity index (χ4n) is 3.37. The van der Waals surface area contributed by atoms with Gasteiger partial charge in [0.15, 0.2) is 0 Å². The summed E-state index contributed by atoms with van der Waals surface area (Å²) in [4.78, 5) is 3.13. The second-order valence-corrected chi connectivity index (χ2v) is 6.43. The summed E-state index contributed by atoms with van der Waals surface area (Å²) in [7, 11) is 0. The topological polar surface area (TPSA) is 38.3 Å². The highest BCUT2D eigenvalue weighted by Gasteiger charge is 2.22. The molecule has 0 spiro atoms. The number of aliphatic hydroxyl groups excluding tert-OH is 1. The van der Waals surface area contributed by atoms with Crippen LogP contribution in [0.3, 0.4) is 0 Å². The first kappa shape index (κ1) is 17.0. The number of hydrogen-bond acceptors (Lipinski definition) is 2. The lowest BCUT2D eigenvalue weighted by molar-refractivity contribution is -1.01. The van der Waals surface area contributed by atoms with Crippen molar-refractivity contribution in [1.82, 2.24) is 0 Å². The van der Waals surface area contributed by atoms with E-state index in [1.54, 1.807) is 4.90 Å². The van der Waals surface area contributed by atoms with Crippen LogP contribution in [-0.4, -0.2) is 57.6 Å². The standard InChI is InChI=1S/C20H26N2O2/c23-16-14-21-10-12-22(13-11-21)15-17-24-20-9-5-4-8-19(20)18-6-2-1-3-7-18/h1-9,23H,10-17H2/p+2. The number of rotatable bonds is 7. The van der Waals surface area contributed by atoms with Gasteiger partial charge in [0.25, 0.3) is 0 Å². The molecule has 0 unspecified atom stereocenters. The first-order valence-electron chi connectivity index (χ1n) is 8.92. The van der Waals surface area contributed by atoms with Gasteiger partial charge in [-0.05, 0) is 11.6 Å². The van der Waals surface area contributed by atoms with Gasteiger partial charge >= 0.3 is 0 Å². The first-order valence-corrected chi connectivity index (χ1v) is 8.92. The molecule has 0 bridgehead atoms. The van der Waals surface area contributed by atoms with Crippen molar-refractivity contribution in [2.24, 2.45) is 0 Å². The van der Waals surface area contributed by atoms with Gasteiger partial charge in [0.1, 0.15) is 51.6 Å². The lowest BCUT2D eigenvalue weighted by Crippen LogP contribution is -3.28. The third-order valence-electron chi connectivity index (χ3n) is 4.81. The van der Waals surface area contributed by atoms with Crippen LogP contribution in [0, 0.1) is 0 Å². The number of benzene rings is 2. The van der Waals surface area contributed by atoms with Crippen molar-refractivity contribution in [1.29, 1.82) is 0 Å². The molecular formula is C20H28N2O2+2. The van der Waals surface area contributed by atoms with Crippen LogP contribution in [0.1, 0.15) is 0 Å². The highest BCUT2D eigenvalue weighted by atomic mass is 16.5. The van der Waals surface area contributed by atoms with E-state index in [1.165, 1.54) is 23.6 Å². The van der Waals surface area contributed by atoms with Crippen LogP contribution in [-0.2, 0) is 0 Å². The maximum atomic E-state index is 9.02. The van der Waals surface area contributed by atoms with Gasteiger partial charge in [0.2, 0.25) is 0 Å². The van der Waals surface area contributed by atoms with E-state index in [0.717, 1.165) is 44.1 Å². The molecule has 2 aromatic carbocycles. The molecule has 4 nitrogen and oxygen atoms in total. The predicted molar refractivity (Wildman–Crippen MR) is 95.6 cm³/mol. The summed E-state index contributed by atoms with van der Waals surface area (Å²) in [5.41, 5.74) is 2.35. The minimum absolute atomic E-state index is 0.296. The average Bonchev–Trinajstić information content (AvgIpc) is 2.65. The number of ether oxygens (including phenoxy) is 1. The van der Waals surface area contributed by atoms with Crippen molar-refractivity contribution >= 4 is 0 Å². The fourth-order valence-corrected chi connectivity index (χ4v) is 3.37. The Morgan fingerprint density at radius 3 is 2.12 bits per heavy atom. The smallest absolute Gasteiger partial charge is 0.137 e. The molecule has 1 heterocycles. The van der Waals surface area contributed by atoms with E-state index in [9.17, 15) is 0 Å². The number of aliphatic hydroxyl groups is 1. The maximum absolute atomic E-state index is 9.02. The first-order chi connectivity index (χ1) is 11.9. The third-order valence-corrected chi connectivity index (χ3v) is 4.81. The molecule has 4 heteroatoms. The number of nitrogens with one attached hydrogen (secondary N) is 2. The van der Waals surface area contributed by atoms with Gasteiger partial charge in [0.05, 0.1) is 6.61 Å². The largest absolute Gasteiger partial charge is 0.487 e. The molecule has 3 N–H and O–H groups in total. The number of para-hydroxylation sites is 1. The molecule has 1 fully saturated rings. The summed E-state index contributed by atoms with van der Waals surface area (Å²) in [6.07, 6.45) is 0. The zero-order valence-corrected chi connectivity index (χ0v) is 14.2. The van der Waals surface area contributed by atoms with Crippen molar-refractivity contribution in [2.45, 2.75) is 0 Å². The Labute approximate surface area is 144 Å². The molecule has 0 atom stereocenters. The number of quaternary nitrogens is 2. The lowest BCUT2D eigenvalue weighted by atomic mass is 10.1. The summed E-state index contributed by atoms with van der Waals surface area (Å²) in [6.45, 7) is 7.59. The molecule has 1 aliphatic rings. The molecule has 1 aliphatic heterocycles. The van der Waals surface area contributed by atoms with Crippen LogP contribution >= 0.6 is 0 Å². The van der Waals surface area contributed by atoms with Crippen molar-refractivity contribution in [3.63, 3.8) is 0 Å². The quantitative estimate of drug-likeness (QED) is 0.642. The summed E-state index contributed by atoms with van der Waals surface area (Å²) < 4.78 is 6.10. The van der Waals surface area contributed by atoms with E-state index in [4.69, 9.17) is 9.84 Å². The minimum Gasteiger partial charge on any atom is -0.487 e. The fraction of sp³-hybridized carbons (Fsp3) is 0.400. The molecule has 0 aliphatic carbocycles. The van der Waals surface area contributed by atoms with Gasteiger partial charge in [-0.1, -0.05) is 48.5 Å². The molecule has 128 valence electrons. The Morgan fingerprint density at radius 2 is 1.42 bits per heavy atom. The van der Waals surface area contributed by atoms with E-state index in [0.29, 0.717) is 6.61 Å². The van der Waals surface area contributed by atoms with Gasteiger partial charge in [0, 0.05) is 5.56 Å². The molecule has 0 radical (unpaired) electrons. The second kappa shape index (κ2) is 8.83. The summed E-state index contributed by atoms with van der Waals surface area (Å²) in [5.74, 6) is 0.965. The van der Waals surface area contributed by atoms with Gasteiger partial charge in [-0.15, -0.1) is 0 Å². The number of hydrogen-bond donors (Lipinski definition) is 3. The van der Waals surface area contributed by atoms with Crippen molar-refractivity contribution in [2.75, 3.05) is 52.5 Å². The summed E-state index contributed by atoms with van der Waals surface area (Å²) in [5, 5.41) is 9.02. The normalized spacial score (nSPS) is 20.7. The Bertz CT molecular complexity index is 610. The molecular weight excluding hydrogens is 300 g/mol. The van der Waals surface area contributed by atoms with Crippen LogP contribution in [0.15, 0.2) is 54.6 Å². The lowest BCUT2D eigenvalue weighted by Gasteiger charge is -2.29. The van der Waals surface area contributed by atoms with E-state index in [2.05, 4.69) is 42.5 Å². The van der Waals surface area contributed by atoms with Crippen LogP contribution in [0.4, 0.5) is 0 Å². The van der Waals surface area contributed by atoms with Crippen LogP contribution < -0.4 is 14.5 Å². The third kappa shape index (κ3) is 4.57. The van der Waals surface area contributed by atoms with Gasteiger partial charge in [-0.3, -0.25) is 0 Å². The highest BCUT2D eigenvalue weighted by Crippen LogP contribution is 2.29. The van der Waals surface area contributed by atoms with E-state index in [-0.39, 0.29) is 0 Å². The SMILES string of the molecule is OCC[NH+]1CC[NH+](CCOc2ccccc2-c2ccccc2)CC1.